The zero-order chi connectivity index (χ0) is 14.8. The van der Waals surface area contributed by atoms with Crippen LogP contribution in [0.15, 0.2) is 23.1 Å². The van der Waals surface area contributed by atoms with Gasteiger partial charge < -0.3 is 5.32 Å². The Morgan fingerprint density at radius 3 is 2.65 bits per heavy atom. The second-order valence-corrected chi connectivity index (χ2v) is 6.27. The van der Waals surface area contributed by atoms with Crippen LogP contribution < -0.4 is 5.32 Å². The van der Waals surface area contributed by atoms with Gasteiger partial charge in [0.05, 0.1) is 9.82 Å². The van der Waals surface area contributed by atoms with Crippen LogP contribution in [0.25, 0.3) is 0 Å². The van der Waals surface area contributed by atoms with Crippen molar-refractivity contribution >= 4 is 29.0 Å². The zero-order valence-corrected chi connectivity index (χ0v) is 12.5. The molecule has 0 spiro atoms. The van der Waals surface area contributed by atoms with E-state index >= 15 is 0 Å². The number of amides is 1. The number of rotatable bonds is 6. The van der Waals surface area contributed by atoms with Gasteiger partial charge in [0.25, 0.3) is 5.69 Å². The molecule has 1 saturated carbocycles. The minimum absolute atomic E-state index is 0.0230. The van der Waals surface area contributed by atoms with Gasteiger partial charge in [-0.15, -0.1) is 11.8 Å². The van der Waals surface area contributed by atoms with E-state index < -0.39 is 4.92 Å². The molecule has 0 atom stereocenters. The molecular formula is C14H18N2O3S. The van der Waals surface area contributed by atoms with Gasteiger partial charge in [-0.3, -0.25) is 14.9 Å². The molecule has 0 bridgehead atoms. The van der Waals surface area contributed by atoms with Crippen molar-refractivity contribution in [3.05, 3.63) is 28.3 Å². The second kappa shape index (κ2) is 5.83. The molecule has 1 N–H and O–H groups in total. The van der Waals surface area contributed by atoms with Gasteiger partial charge in [0.15, 0.2) is 0 Å². The van der Waals surface area contributed by atoms with Crippen LogP contribution in [0.1, 0.15) is 33.1 Å². The fourth-order valence-electron chi connectivity index (χ4n) is 2.17. The lowest BCUT2D eigenvalue weighted by atomic mass is 10.0. The van der Waals surface area contributed by atoms with E-state index in [2.05, 4.69) is 5.32 Å². The Labute approximate surface area is 122 Å². The lowest BCUT2D eigenvalue weighted by Gasteiger charge is -2.13. The average Bonchev–Trinajstić information content (AvgIpc) is 3.21. The third-order valence-corrected chi connectivity index (χ3v) is 4.67. The predicted molar refractivity (Wildman–Crippen MR) is 80.1 cm³/mol. The topological polar surface area (TPSA) is 72.2 Å². The molecule has 1 aromatic rings. The number of carbonyl (C=O) groups is 1. The molecule has 5 nitrogen and oxygen atoms in total. The number of nitrogens with one attached hydrogen (secondary N) is 1. The average molecular weight is 294 g/mol. The quantitative estimate of drug-likeness (QED) is 0.491. The van der Waals surface area contributed by atoms with Crippen LogP contribution in [-0.4, -0.2) is 16.6 Å². The summed E-state index contributed by atoms with van der Waals surface area (Å²) in [6.45, 7) is 3.94. The molecule has 0 radical (unpaired) electrons. The smallest absolute Gasteiger partial charge is 0.284 e. The summed E-state index contributed by atoms with van der Waals surface area (Å²) >= 11 is 1.43. The number of benzene rings is 1. The maximum atomic E-state index is 12.1. The Balaban J connectivity index is 2.19. The molecule has 1 aromatic carbocycles. The minimum Gasteiger partial charge on any atom is -0.325 e. The lowest BCUT2D eigenvalue weighted by molar-refractivity contribution is -0.387. The molecule has 2 rings (SSSR count). The van der Waals surface area contributed by atoms with Gasteiger partial charge in [0.1, 0.15) is 0 Å². The second-order valence-electron chi connectivity index (χ2n) is 4.96. The first kappa shape index (κ1) is 14.8. The highest BCUT2D eigenvalue weighted by Gasteiger charge is 2.47. The highest BCUT2D eigenvalue weighted by molar-refractivity contribution is 7.99. The van der Waals surface area contributed by atoms with E-state index in [-0.39, 0.29) is 17.0 Å². The number of nitrogens with zero attached hydrogens (tertiary/aromatic N) is 1. The van der Waals surface area contributed by atoms with E-state index in [1.807, 2.05) is 13.8 Å². The van der Waals surface area contributed by atoms with E-state index in [1.54, 1.807) is 12.1 Å². The number of nitro benzene ring substituents is 1. The molecule has 0 unspecified atom stereocenters. The number of nitro groups is 1. The summed E-state index contributed by atoms with van der Waals surface area (Å²) in [6.07, 6.45) is 2.62. The van der Waals surface area contributed by atoms with Crippen molar-refractivity contribution < 1.29 is 9.72 Å². The van der Waals surface area contributed by atoms with Gasteiger partial charge >= 0.3 is 0 Å². The summed E-state index contributed by atoms with van der Waals surface area (Å²) in [4.78, 5) is 23.4. The Bertz CT molecular complexity index is 541. The van der Waals surface area contributed by atoms with Crippen molar-refractivity contribution in [2.24, 2.45) is 5.41 Å². The van der Waals surface area contributed by atoms with Crippen LogP contribution in [0.2, 0.25) is 0 Å². The molecule has 1 aliphatic rings. The predicted octanol–water partition coefficient (Wildman–Crippen LogP) is 3.84. The first-order valence-corrected chi connectivity index (χ1v) is 7.73. The number of anilines is 1. The highest BCUT2D eigenvalue weighted by atomic mass is 32.2. The van der Waals surface area contributed by atoms with E-state index in [9.17, 15) is 14.9 Å². The third kappa shape index (κ3) is 2.95. The van der Waals surface area contributed by atoms with Gasteiger partial charge in [-0.1, -0.05) is 13.8 Å². The maximum Gasteiger partial charge on any atom is 0.284 e. The largest absolute Gasteiger partial charge is 0.325 e. The van der Waals surface area contributed by atoms with E-state index in [1.165, 1.54) is 17.8 Å². The number of hydrogen-bond acceptors (Lipinski definition) is 4. The molecule has 0 aliphatic heterocycles. The highest BCUT2D eigenvalue weighted by Crippen LogP contribution is 2.49. The Morgan fingerprint density at radius 1 is 1.45 bits per heavy atom. The van der Waals surface area contributed by atoms with Crippen LogP contribution in [0.4, 0.5) is 11.4 Å². The van der Waals surface area contributed by atoms with Gasteiger partial charge in [-0.2, -0.15) is 0 Å². The SMILES string of the molecule is CCSc1ccc(NC(=O)C2(CC)CC2)cc1[N+](=O)[O-]. The van der Waals surface area contributed by atoms with Gasteiger partial charge in [-0.25, -0.2) is 0 Å². The van der Waals surface area contributed by atoms with Gasteiger partial charge in [-0.05, 0) is 37.1 Å². The van der Waals surface area contributed by atoms with E-state index in [4.69, 9.17) is 0 Å². The summed E-state index contributed by atoms with van der Waals surface area (Å²) in [5.74, 6) is 0.746. The molecule has 0 saturated heterocycles. The van der Waals surface area contributed by atoms with E-state index in [0.717, 1.165) is 25.0 Å². The molecular weight excluding hydrogens is 276 g/mol. The van der Waals surface area contributed by atoms with Crippen LogP contribution >= 0.6 is 11.8 Å². The standard InChI is InChI=1S/C14H18N2O3S/c1-3-14(7-8-14)13(17)15-10-5-6-12(20-4-2)11(9-10)16(18)19/h5-6,9H,3-4,7-8H2,1-2H3,(H,15,17). The Hall–Kier alpha value is -1.56. The van der Waals surface area contributed by atoms with Crippen molar-refractivity contribution in [2.45, 2.75) is 38.0 Å². The molecule has 1 amide bonds. The van der Waals surface area contributed by atoms with Crippen LogP contribution in [0, 0.1) is 15.5 Å². The van der Waals surface area contributed by atoms with Crippen molar-refractivity contribution in [3.63, 3.8) is 0 Å². The number of thioether (sulfide) groups is 1. The molecule has 20 heavy (non-hydrogen) atoms. The summed E-state index contributed by atoms with van der Waals surface area (Å²) in [6, 6.07) is 4.88. The molecule has 0 heterocycles. The normalized spacial score (nSPS) is 15.7. The monoisotopic (exact) mass is 294 g/mol. The molecule has 1 aliphatic carbocycles. The number of carbonyl (C=O) groups excluding carboxylic acids is 1. The summed E-state index contributed by atoms with van der Waals surface area (Å²) in [5.41, 5.74) is 0.309. The van der Waals surface area contributed by atoms with Gasteiger partial charge in [0.2, 0.25) is 5.91 Å². The van der Waals surface area contributed by atoms with Crippen molar-refractivity contribution in [3.8, 4) is 0 Å². The Kier molecular flexibility index (Phi) is 4.32. The van der Waals surface area contributed by atoms with Crippen molar-refractivity contribution in [1.29, 1.82) is 0 Å². The summed E-state index contributed by atoms with van der Waals surface area (Å²) in [7, 11) is 0. The van der Waals surface area contributed by atoms with Crippen LogP contribution in [-0.2, 0) is 4.79 Å². The number of hydrogen-bond donors (Lipinski definition) is 1. The van der Waals surface area contributed by atoms with Gasteiger partial charge in [0, 0.05) is 17.2 Å². The molecule has 0 aromatic heterocycles. The van der Waals surface area contributed by atoms with Crippen molar-refractivity contribution in [2.75, 3.05) is 11.1 Å². The molecule has 1 fully saturated rings. The van der Waals surface area contributed by atoms with Crippen LogP contribution in [0.5, 0.6) is 0 Å². The van der Waals surface area contributed by atoms with Crippen LogP contribution in [0.3, 0.4) is 0 Å². The summed E-state index contributed by atoms with van der Waals surface area (Å²) in [5, 5.41) is 13.9. The zero-order valence-electron chi connectivity index (χ0n) is 11.6. The van der Waals surface area contributed by atoms with E-state index in [0.29, 0.717) is 10.6 Å². The Morgan fingerprint density at radius 2 is 2.15 bits per heavy atom. The molecule has 108 valence electrons. The summed E-state index contributed by atoms with van der Waals surface area (Å²) < 4.78 is 0. The maximum absolute atomic E-state index is 12.1. The third-order valence-electron chi connectivity index (χ3n) is 3.73. The fraction of sp³-hybridized carbons (Fsp3) is 0.500. The lowest BCUT2D eigenvalue weighted by Crippen LogP contribution is -2.23. The van der Waals surface area contributed by atoms with Crippen molar-refractivity contribution in [1.82, 2.24) is 0 Å². The molecule has 6 heteroatoms. The first-order chi connectivity index (χ1) is 9.52. The minimum atomic E-state index is -0.402. The first-order valence-electron chi connectivity index (χ1n) is 6.75. The fourth-order valence-corrected chi connectivity index (χ4v) is 2.93.